The highest BCUT2D eigenvalue weighted by Gasteiger charge is 2.07. The predicted octanol–water partition coefficient (Wildman–Crippen LogP) is 3.53. The van der Waals surface area contributed by atoms with Crippen molar-refractivity contribution in [2.45, 2.75) is 12.7 Å². The molecule has 0 bridgehead atoms. The first-order valence-corrected chi connectivity index (χ1v) is 8.71. The largest absolute Gasteiger partial charge is 0.322 e. The van der Waals surface area contributed by atoms with Crippen molar-refractivity contribution in [3.63, 3.8) is 0 Å². The van der Waals surface area contributed by atoms with Gasteiger partial charge in [-0.25, -0.2) is 0 Å². The van der Waals surface area contributed by atoms with E-state index in [1.807, 2.05) is 55.5 Å². The summed E-state index contributed by atoms with van der Waals surface area (Å²) >= 11 is 0. The van der Waals surface area contributed by atoms with Crippen LogP contribution in [0, 0.1) is 6.92 Å². The second-order valence-electron chi connectivity index (χ2n) is 5.04. The number of amides is 1. The Morgan fingerprint density at radius 1 is 1.14 bits per heavy atom. The van der Waals surface area contributed by atoms with Crippen LogP contribution in [0.25, 0.3) is 6.08 Å². The first-order valence-electron chi connectivity index (χ1n) is 6.99. The summed E-state index contributed by atoms with van der Waals surface area (Å²) in [6, 6.07) is 15.3. The molecule has 2 rings (SSSR count). The maximum Gasteiger partial charge on any atom is 0.248 e. The molecule has 114 valence electrons. The highest BCUT2D eigenvalue weighted by Crippen LogP contribution is 2.20. The zero-order chi connectivity index (χ0) is 15.9. The molecule has 1 N–H and O–H groups in total. The molecule has 2 aromatic carbocycles. The Kier molecular flexibility index (Phi) is 5.67. The molecule has 2 aromatic rings. The summed E-state index contributed by atoms with van der Waals surface area (Å²) in [7, 11) is -0.903. The van der Waals surface area contributed by atoms with E-state index in [1.54, 1.807) is 12.3 Å². The molecule has 0 saturated heterocycles. The Balaban J connectivity index is 2.09. The molecule has 3 nitrogen and oxygen atoms in total. The first kappa shape index (κ1) is 16.2. The number of nitrogens with one attached hydrogen (secondary N) is 1. The van der Waals surface area contributed by atoms with Crippen molar-refractivity contribution in [3.05, 3.63) is 71.3 Å². The fraction of sp³-hybridized carbons (Fsp3) is 0.167. The van der Waals surface area contributed by atoms with Crippen molar-refractivity contribution in [3.8, 4) is 0 Å². The van der Waals surface area contributed by atoms with E-state index in [9.17, 15) is 9.00 Å². The molecule has 1 amide bonds. The average Bonchev–Trinajstić information content (AvgIpc) is 2.50. The Labute approximate surface area is 133 Å². The van der Waals surface area contributed by atoms with Crippen LogP contribution in [0.4, 0.5) is 5.69 Å². The van der Waals surface area contributed by atoms with Gasteiger partial charge in [0.2, 0.25) is 5.91 Å². The smallest absolute Gasteiger partial charge is 0.248 e. The van der Waals surface area contributed by atoms with Crippen LogP contribution in [0.2, 0.25) is 0 Å². The highest BCUT2D eigenvalue weighted by molar-refractivity contribution is 7.83. The standard InChI is InChI=1S/C18H19NO2S/c1-14-16(13-22(2)21)9-6-10-17(14)19-18(20)12-11-15-7-4-3-5-8-15/h3-12H,13H2,1-2H3,(H,19,20)/b12-11-/t22-/m0/s1. The van der Waals surface area contributed by atoms with E-state index in [2.05, 4.69) is 5.32 Å². The molecule has 22 heavy (non-hydrogen) atoms. The lowest BCUT2D eigenvalue weighted by Crippen LogP contribution is -2.10. The highest BCUT2D eigenvalue weighted by atomic mass is 32.2. The summed E-state index contributed by atoms with van der Waals surface area (Å²) in [6.07, 6.45) is 4.96. The van der Waals surface area contributed by atoms with Gasteiger partial charge < -0.3 is 5.32 Å². The third-order valence-electron chi connectivity index (χ3n) is 3.29. The topological polar surface area (TPSA) is 46.2 Å². The van der Waals surface area contributed by atoms with Gasteiger partial charge in [-0.1, -0.05) is 42.5 Å². The van der Waals surface area contributed by atoms with E-state index >= 15 is 0 Å². The number of benzene rings is 2. The Hall–Kier alpha value is -2.20. The molecule has 1 atom stereocenters. The fourth-order valence-corrected chi connectivity index (χ4v) is 2.86. The number of hydrogen-bond acceptors (Lipinski definition) is 2. The molecule has 0 spiro atoms. The molecule has 0 heterocycles. The molecule has 0 aromatic heterocycles. The van der Waals surface area contributed by atoms with E-state index in [0.717, 1.165) is 22.4 Å². The Bertz CT molecular complexity index is 708. The summed E-state index contributed by atoms with van der Waals surface area (Å²) in [6.45, 7) is 1.93. The molecule has 0 fully saturated rings. The molecule has 0 aliphatic rings. The second-order valence-corrected chi connectivity index (χ2v) is 6.48. The van der Waals surface area contributed by atoms with Gasteiger partial charge in [0.15, 0.2) is 0 Å². The molecule has 0 aliphatic heterocycles. The van der Waals surface area contributed by atoms with Gasteiger partial charge in [-0.3, -0.25) is 9.00 Å². The number of anilines is 1. The van der Waals surface area contributed by atoms with Crippen LogP contribution in [0.5, 0.6) is 0 Å². The van der Waals surface area contributed by atoms with Gasteiger partial charge in [0, 0.05) is 34.6 Å². The maximum absolute atomic E-state index is 12.0. The molecule has 0 saturated carbocycles. The quantitative estimate of drug-likeness (QED) is 0.858. The van der Waals surface area contributed by atoms with Gasteiger partial charge in [0.1, 0.15) is 0 Å². The van der Waals surface area contributed by atoms with E-state index < -0.39 is 10.8 Å². The summed E-state index contributed by atoms with van der Waals surface area (Å²) < 4.78 is 11.4. The lowest BCUT2D eigenvalue weighted by Gasteiger charge is -2.10. The van der Waals surface area contributed by atoms with Crippen molar-refractivity contribution >= 4 is 28.5 Å². The van der Waals surface area contributed by atoms with Crippen molar-refractivity contribution < 1.29 is 9.00 Å². The number of carbonyl (C=O) groups is 1. The van der Waals surface area contributed by atoms with Gasteiger partial charge in [0.25, 0.3) is 0 Å². The minimum absolute atomic E-state index is 0.179. The maximum atomic E-state index is 12.0. The monoisotopic (exact) mass is 313 g/mol. The molecular weight excluding hydrogens is 294 g/mol. The lowest BCUT2D eigenvalue weighted by atomic mass is 10.1. The average molecular weight is 313 g/mol. The lowest BCUT2D eigenvalue weighted by molar-refractivity contribution is -0.111. The van der Waals surface area contributed by atoms with Crippen LogP contribution in [0.1, 0.15) is 16.7 Å². The van der Waals surface area contributed by atoms with E-state index in [1.165, 1.54) is 6.08 Å². The Morgan fingerprint density at radius 2 is 1.86 bits per heavy atom. The van der Waals surface area contributed by atoms with E-state index in [0.29, 0.717) is 5.75 Å². The van der Waals surface area contributed by atoms with Gasteiger partial charge in [-0.05, 0) is 35.8 Å². The summed E-state index contributed by atoms with van der Waals surface area (Å²) in [4.78, 5) is 12.0. The third kappa shape index (κ3) is 4.67. The first-order chi connectivity index (χ1) is 10.6. The van der Waals surface area contributed by atoms with Crippen molar-refractivity contribution in [1.29, 1.82) is 0 Å². The summed E-state index contributed by atoms with van der Waals surface area (Å²) in [5.74, 6) is 0.316. The number of hydrogen-bond donors (Lipinski definition) is 1. The van der Waals surface area contributed by atoms with Gasteiger partial charge in [0.05, 0.1) is 0 Å². The van der Waals surface area contributed by atoms with Crippen LogP contribution in [0.15, 0.2) is 54.6 Å². The Morgan fingerprint density at radius 3 is 2.55 bits per heavy atom. The summed E-state index contributed by atoms with van der Waals surface area (Å²) in [5, 5.41) is 2.87. The summed E-state index contributed by atoms with van der Waals surface area (Å²) in [5.41, 5.74) is 3.68. The second kappa shape index (κ2) is 7.71. The predicted molar refractivity (Wildman–Crippen MR) is 93.1 cm³/mol. The van der Waals surface area contributed by atoms with Crippen molar-refractivity contribution in [2.75, 3.05) is 11.6 Å². The third-order valence-corrected chi connectivity index (χ3v) is 4.01. The minimum atomic E-state index is -0.903. The minimum Gasteiger partial charge on any atom is -0.322 e. The van der Waals surface area contributed by atoms with Gasteiger partial charge in [-0.15, -0.1) is 0 Å². The van der Waals surface area contributed by atoms with Gasteiger partial charge in [-0.2, -0.15) is 0 Å². The van der Waals surface area contributed by atoms with Crippen LogP contribution >= 0.6 is 0 Å². The molecule has 0 radical (unpaired) electrons. The molecule has 4 heteroatoms. The van der Waals surface area contributed by atoms with Crippen molar-refractivity contribution in [1.82, 2.24) is 0 Å². The van der Waals surface area contributed by atoms with Crippen LogP contribution < -0.4 is 5.32 Å². The number of carbonyl (C=O) groups excluding carboxylic acids is 1. The zero-order valence-corrected chi connectivity index (χ0v) is 13.5. The van der Waals surface area contributed by atoms with Crippen LogP contribution in [-0.2, 0) is 21.3 Å². The molecule has 0 unspecified atom stereocenters. The zero-order valence-electron chi connectivity index (χ0n) is 12.7. The normalized spacial score (nSPS) is 12.3. The number of rotatable bonds is 5. The van der Waals surface area contributed by atoms with E-state index in [4.69, 9.17) is 0 Å². The van der Waals surface area contributed by atoms with Gasteiger partial charge >= 0.3 is 0 Å². The molecular formula is C18H19NO2S. The van der Waals surface area contributed by atoms with Crippen LogP contribution in [-0.4, -0.2) is 16.4 Å². The van der Waals surface area contributed by atoms with E-state index in [-0.39, 0.29) is 5.91 Å². The SMILES string of the molecule is Cc1c(C[S@](C)=O)cccc1NC(=O)/C=C\c1ccccc1. The fourth-order valence-electron chi connectivity index (χ4n) is 2.10. The van der Waals surface area contributed by atoms with Crippen LogP contribution in [0.3, 0.4) is 0 Å². The molecule has 0 aliphatic carbocycles. The van der Waals surface area contributed by atoms with Crippen molar-refractivity contribution in [2.24, 2.45) is 0 Å².